The summed E-state index contributed by atoms with van der Waals surface area (Å²) in [6.07, 6.45) is 1.81. The normalized spacial score (nSPS) is 11.1. The molecule has 168 valence electrons. The van der Waals surface area contributed by atoms with Gasteiger partial charge in [-0.1, -0.05) is 84.1 Å². The summed E-state index contributed by atoms with van der Waals surface area (Å²) in [7, 11) is 0. The van der Waals surface area contributed by atoms with Crippen molar-refractivity contribution in [2.45, 2.75) is 13.0 Å². The smallest absolute Gasteiger partial charge is 0.270 e. The van der Waals surface area contributed by atoms with Crippen molar-refractivity contribution in [3.05, 3.63) is 123 Å². The summed E-state index contributed by atoms with van der Waals surface area (Å²) in [5.41, 5.74) is 4.04. The lowest BCUT2D eigenvalue weighted by molar-refractivity contribution is -0.384. The minimum atomic E-state index is -0.425. The first-order valence-electron chi connectivity index (χ1n) is 10.7. The Hall–Kier alpha value is -4.30. The quantitative estimate of drug-likeness (QED) is 0.252. The molecule has 0 aliphatic rings. The monoisotopic (exact) mass is 468 g/mol. The van der Waals surface area contributed by atoms with Crippen LogP contribution in [0.4, 0.5) is 5.69 Å². The third kappa shape index (κ3) is 4.06. The van der Waals surface area contributed by atoms with Crippen molar-refractivity contribution < 1.29 is 9.72 Å². The number of non-ortho nitro benzene ring substituents is 1. The Morgan fingerprint density at radius 3 is 2.24 bits per heavy atom. The van der Waals surface area contributed by atoms with Gasteiger partial charge in [0.15, 0.2) is 4.96 Å². The van der Waals surface area contributed by atoms with Gasteiger partial charge in [-0.05, 0) is 18.1 Å². The third-order valence-electron chi connectivity index (χ3n) is 5.66. The van der Waals surface area contributed by atoms with Crippen LogP contribution in [0.1, 0.15) is 32.5 Å². The van der Waals surface area contributed by atoms with Gasteiger partial charge in [0.2, 0.25) is 0 Å². The van der Waals surface area contributed by atoms with Crippen molar-refractivity contribution in [1.29, 1.82) is 0 Å². The number of nitrogens with zero attached hydrogens (tertiary/aromatic N) is 3. The summed E-state index contributed by atoms with van der Waals surface area (Å²) in [5.74, 6) is -0.178. The summed E-state index contributed by atoms with van der Waals surface area (Å²) in [6, 6.07) is 25.8. The second-order valence-corrected chi connectivity index (χ2v) is 8.81. The van der Waals surface area contributed by atoms with Gasteiger partial charge in [-0.25, -0.2) is 4.98 Å². The first kappa shape index (κ1) is 21.5. The molecule has 34 heavy (non-hydrogen) atoms. The van der Waals surface area contributed by atoms with Gasteiger partial charge in [0.05, 0.1) is 16.7 Å². The second-order valence-electron chi connectivity index (χ2n) is 7.83. The second kappa shape index (κ2) is 8.92. The summed E-state index contributed by atoms with van der Waals surface area (Å²) in [5, 5.41) is 14.3. The molecule has 0 atom stereocenters. The summed E-state index contributed by atoms with van der Waals surface area (Å²) in [6.45, 7) is 1.87. The first-order valence-corrected chi connectivity index (χ1v) is 11.5. The molecule has 2 aromatic heterocycles. The lowest BCUT2D eigenvalue weighted by Crippen LogP contribution is -2.29. The molecule has 1 amide bonds. The minimum absolute atomic E-state index is 0.0125. The number of hydrogen-bond acceptors (Lipinski definition) is 5. The van der Waals surface area contributed by atoms with Crippen molar-refractivity contribution >= 4 is 27.9 Å². The van der Waals surface area contributed by atoms with Crippen molar-refractivity contribution in [2.24, 2.45) is 0 Å². The Labute approximate surface area is 199 Å². The standard InChI is InChI=1S/C26H20N4O3S/c1-17-24(25(31)28-23(18-9-4-2-5-10-18)19-11-6-3-7-12-19)34-26-27-22(16-29(17)26)20-13-8-14-21(15-20)30(32)33/h2-16,23H,1H3,(H,28,31). The maximum atomic E-state index is 13.3. The molecular formula is C26H20N4O3S. The molecule has 0 aliphatic carbocycles. The number of fused-ring (bicyclic) bond motifs is 1. The molecule has 0 aliphatic heterocycles. The van der Waals surface area contributed by atoms with E-state index in [1.807, 2.05) is 78.2 Å². The zero-order chi connectivity index (χ0) is 23.7. The fraction of sp³-hybridized carbons (Fsp3) is 0.0769. The average Bonchev–Trinajstić information content (AvgIpc) is 3.43. The molecule has 0 fully saturated rings. The van der Waals surface area contributed by atoms with Crippen LogP contribution in [0.15, 0.2) is 91.1 Å². The number of nitro benzene ring substituents is 1. The highest BCUT2D eigenvalue weighted by Gasteiger charge is 2.23. The van der Waals surface area contributed by atoms with E-state index in [1.54, 1.807) is 12.1 Å². The zero-order valence-electron chi connectivity index (χ0n) is 18.2. The highest BCUT2D eigenvalue weighted by atomic mass is 32.1. The molecule has 7 nitrogen and oxygen atoms in total. The number of rotatable bonds is 6. The molecule has 3 aromatic carbocycles. The summed E-state index contributed by atoms with van der Waals surface area (Å²) in [4.78, 5) is 29.9. The Balaban J connectivity index is 1.46. The van der Waals surface area contributed by atoms with Gasteiger partial charge in [0, 0.05) is 29.6 Å². The number of aromatic nitrogens is 2. The van der Waals surface area contributed by atoms with E-state index in [1.165, 1.54) is 23.5 Å². The van der Waals surface area contributed by atoms with Gasteiger partial charge in [0.1, 0.15) is 4.88 Å². The number of amides is 1. The van der Waals surface area contributed by atoms with Crippen LogP contribution in [0.25, 0.3) is 16.2 Å². The van der Waals surface area contributed by atoms with Crippen LogP contribution in [0.5, 0.6) is 0 Å². The molecule has 1 N–H and O–H groups in total. The number of imidazole rings is 1. The molecule has 8 heteroatoms. The Kier molecular flexibility index (Phi) is 5.65. The predicted octanol–water partition coefficient (Wildman–Crippen LogP) is 5.80. The van der Waals surface area contributed by atoms with Crippen molar-refractivity contribution in [3.8, 4) is 11.3 Å². The van der Waals surface area contributed by atoms with Crippen LogP contribution < -0.4 is 5.32 Å². The van der Waals surface area contributed by atoms with Gasteiger partial charge >= 0.3 is 0 Å². The lowest BCUT2D eigenvalue weighted by atomic mass is 9.98. The number of benzene rings is 3. The van der Waals surface area contributed by atoms with Crippen LogP contribution >= 0.6 is 11.3 Å². The van der Waals surface area contributed by atoms with Gasteiger partial charge in [0.25, 0.3) is 11.6 Å². The van der Waals surface area contributed by atoms with E-state index in [4.69, 9.17) is 0 Å². The van der Waals surface area contributed by atoms with Crippen LogP contribution in [0.3, 0.4) is 0 Å². The SMILES string of the molecule is Cc1c(C(=O)NC(c2ccccc2)c2ccccc2)sc2nc(-c3cccc([N+](=O)[O-])c3)cn12. The highest BCUT2D eigenvalue weighted by molar-refractivity contribution is 7.19. The number of carbonyl (C=O) groups excluding carboxylic acids is 1. The topological polar surface area (TPSA) is 89.5 Å². The van der Waals surface area contributed by atoms with E-state index in [0.29, 0.717) is 21.1 Å². The third-order valence-corrected chi connectivity index (χ3v) is 6.81. The molecule has 2 heterocycles. The van der Waals surface area contributed by atoms with E-state index in [2.05, 4.69) is 10.3 Å². The molecule has 0 unspecified atom stereocenters. The fourth-order valence-corrected chi connectivity index (χ4v) is 4.94. The molecule has 5 aromatic rings. The first-order chi connectivity index (χ1) is 16.5. The molecule has 0 saturated heterocycles. The minimum Gasteiger partial charge on any atom is -0.340 e. The van der Waals surface area contributed by atoms with Crippen LogP contribution in [-0.4, -0.2) is 20.2 Å². The Morgan fingerprint density at radius 2 is 1.65 bits per heavy atom. The Bertz CT molecular complexity index is 1450. The summed E-state index contributed by atoms with van der Waals surface area (Å²) >= 11 is 1.30. The van der Waals surface area contributed by atoms with Gasteiger partial charge in [-0.15, -0.1) is 0 Å². The maximum absolute atomic E-state index is 13.3. The fourth-order valence-electron chi connectivity index (χ4n) is 3.93. The number of aryl methyl sites for hydroxylation is 1. The zero-order valence-corrected chi connectivity index (χ0v) is 19.0. The number of thiazole rings is 1. The largest absolute Gasteiger partial charge is 0.340 e. The molecule has 0 radical (unpaired) electrons. The van der Waals surface area contributed by atoms with E-state index in [0.717, 1.165) is 16.8 Å². The van der Waals surface area contributed by atoms with Crippen molar-refractivity contribution in [1.82, 2.24) is 14.7 Å². The molecule has 0 spiro atoms. The van der Waals surface area contributed by atoms with E-state index >= 15 is 0 Å². The van der Waals surface area contributed by atoms with Gasteiger partial charge in [-0.3, -0.25) is 19.3 Å². The molecule has 0 bridgehead atoms. The average molecular weight is 469 g/mol. The predicted molar refractivity (Wildman–Crippen MR) is 132 cm³/mol. The van der Waals surface area contributed by atoms with Gasteiger partial charge in [-0.2, -0.15) is 0 Å². The maximum Gasteiger partial charge on any atom is 0.270 e. The van der Waals surface area contributed by atoms with Crippen molar-refractivity contribution in [2.75, 3.05) is 0 Å². The lowest BCUT2D eigenvalue weighted by Gasteiger charge is -2.19. The Morgan fingerprint density at radius 1 is 1.00 bits per heavy atom. The number of carbonyl (C=O) groups is 1. The molecule has 0 saturated carbocycles. The summed E-state index contributed by atoms with van der Waals surface area (Å²) < 4.78 is 1.85. The van der Waals surface area contributed by atoms with Crippen LogP contribution in [0, 0.1) is 17.0 Å². The van der Waals surface area contributed by atoms with E-state index in [9.17, 15) is 14.9 Å². The van der Waals surface area contributed by atoms with Gasteiger partial charge < -0.3 is 5.32 Å². The van der Waals surface area contributed by atoms with Crippen LogP contribution in [-0.2, 0) is 0 Å². The van der Waals surface area contributed by atoms with E-state index in [-0.39, 0.29) is 17.6 Å². The van der Waals surface area contributed by atoms with E-state index < -0.39 is 4.92 Å². The molecule has 5 rings (SSSR count). The number of nitrogens with one attached hydrogen (secondary N) is 1. The number of hydrogen-bond donors (Lipinski definition) is 1. The number of nitro groups is 1. The van der Waals surface area contributed by atoms with Crippen LogP contribution in [0.2, 0.25) is 0 Å². The highest BCUT2D eigenvalue weighted by Crippen LogP contribution is 2.30. The van der Waals surface area contributed by atoms with Crippen molar-refractivity contribution in [3.63, 3.8) is 0 Å². The molecular weight excluding hydrogens is 448 g/mol.